The van der Waals surface area contributed by atoms with Crippen LogP contribution >= 0.6 is 15.9 Å². The first-order chi connectivity index (χ1) is 9.58. The standard InChI is InChI=1S/C13H14BrNO5/c14-9-1-3-10(4-2-9)20-8-12(16)15-5-6-19-7-11(15)13(17)18/h1-4,11H,5-8H2,(H,17,18)/t11-/m0/s1. The Balaban J connectivity index is 1.93. The number of amides is 1. The Labute approximate surface area is 124 Å². The van der Waals surface area contributed by atoms with Gasteiger partial charge in [-0.3, -0.25) is 4.79 Å². The molecule has 1 saturated heterocycles. The highest BCUT2D eigenvalue weighted by atomic mass is 79.9. The number of carbonyl (C=O) groups is 2. The van der Waals surface area contributed by atoms with E-state index in [9.17, 15) is 9.59 Å². The van der Waals surface area contributed by atoms with Crippen molar-refractivity contribution in [2.24, 2.45) is 0 Å². The summed E-state index contributed by atoms with van der Waals surface area (Å²) in [5.74, 6) is -0.869. The Morgan fingerprint density at radius 1 is 1.40 bits per heavy atom. The Hall–Kier alpha value is -1.60. The fourth-order valence-electron chi connectivity index (χ4n) is 1.87. The van der Waals surface area contributed by atoms with Crippen molar-refractivity contribution in [1.29, 1.82) is 0 Å². The van der Waals surface area contributed by atoms with Crippen molar-refractivity contribution >= 4 is 27.8 Å². The predicted octanol–water partition coefficient (Wildman–Crippen LogP) is 1.14. The first kappa shape index (κ1) is 14.8. The summed E-state index contributed by atoms with van der Waals surface area (Å²) in [4.78, 5) is 24.4. The minimum atomic E-state index is -1.07. The monoisotopic (exact) mass is 343 g/mol. The highest BCUT2D eigenvalue weighted by Crippen LogP contribution is 2.16. The van der Waals surface area contributed by atoms with E-state index in [1.165, 1.54) is 4.90 Å². The zero-order valence-electron chi connectivity index (χ0n) is 10.6. The van der Waals surface area contributed by atoms with E-state index in [4.69, 9.17) is 14.6 Å². The second-order valence-electron chi connectivity index (χ2n) is 4.26. The number of hydrogen-bond acceptors (Lipinski definition) is 4. The molecule has 1 aliphatic rings. The van der Waals surface area contributed by atoms with Crippen LogP contribution in [0.5, 0.6) is 5.75 Å². The van der Waals surface area contributed by atoms with Crippen LogP contribution in [0.25, 0.3) is 0 Å². The second kappa shape index (κ2) is 6.71. The number of ether oxygens (including phenoxy) is 2. The van der Waals surface area contributed by atoms with E-state index in [2.05, 4.69) is 15.9 Å². The number of nitrogens with zero attached hydrogens (tertiary/aromatic N) is 1. The second-order valence-corrected chi connectivity index (χ2v) is 5.17. The molecule has 108 valence electrons. The average molecular weight is 344 g/mol. The summed E-state index contributed by atoms with van der Waals surface area (Å²) in [5, 5.41) is 9.05. The number of rotatable bonds is 4. The molecule has 1 aromatic carbocycles. The largest absolute Gasteiger partial charge is 0.484 e. The van der Waals surface area contributed by atoms with E-state index in [0.29, 0.717) is 12.4 Å². The molecule has 0 spiro atoms. The summed E-state index contributed by atoms with van der Waals surface area (Å²) in [7, 11) is 0. The SMILES string of the molecule is O=C(O)[C@@H]1COCCN1C(=O)COc1ccc(Br)cc1. The molecule has 1 N–H and O–H groups in total. The van der Waals surface area contributed by atoms with Crippen LogP contribution in [0, 0.1) is 0 Å². The van der Waals surface area contributed by atoms with Crippen molar-refractivity contribution < 1.29 is 24.2 Å². The quantitative estimate of drug-likeness (QED) is 0.887. The first-order valence-electron chi connectivity index (χ1n) is 6.06. The summed E-state index contributed by atoms with van der Waals surface area (Å²) in [6.45, 7) is 0.429. The Morgan fingerprint density at radius 2 is 2.10 bits per heavy atom. The fraction of sp³-hybridized carbons (Fsp3) is 0.385. The maximum atomic E-state index is 12.0. The maximum absolute atomic E-state index is 12.0. The molecular formula is C13H14BrNO5. The minimum Gasteiger partial charge on any atom is -0.484 e. The van der Waals surface area contributed by atoms with Gasteiger partial charge in [0.2, 0.25) is 0 Å². The third-order valence-electron chi connectivity index (χ3n) is 2.91. The van der Waals surface area contributed by atoms with Crippen molar-refractivity contribution in [1.82, 2.24) is 4.90 Å². The molecule has 1 fully saturated rings. The van der Waals surface area contributed by atoms with Gasteiger partial charge in [0.25, 0.3) is 5.91 Å². The summed E-state index contributed by atoms with van der Waals surface area (Å²) in [6.07, 6.45) is 0. The number of carbonyl (C=O) groups excluding carboxylic acids is 1. The van der Waals surface area contributed by atoms with Crippen LogP contribution in [-0.2, 0) is 14.3 Å². The first-order valence-corrected chi connectivity index (χ1v) is 6.85. The lowest BCUT2D eigenvalue weighted by Crippen LogP contribution is -2.53. The summed E-state index contributed by atoms with van der Waals surface area (Å²) in [5.41, 5.74) is 0. The van der Waals surface area contributed by atoms with Crippen molar-refractivity contribution in [2.45, 2.75) is 6.04 Å². The smallest absolute Gasteiger partial charge is 0.328 e. The Morgan fingerprint density at radius 3 is 2.75 bits per heavy atom. The van der Waals surface area contributed by atoms with E-state index in [1.807, 2.05) is 0 Å². The third-order valence-corrected chi connectivity index (χ3v) is 3.44. The number of morpholine rings is 1. The van der Waals surface area contributed by atoms with E-state index in [-0.39, 0.29) is 25.7 Å². The van der Waals surface area contributed by atoms with E-state index >= 15 is 0 Å². The van der Waals surface area contributed by atoms with Crippen molar-refractivity contribution in [3.63, 3.8) is 0 Å². The lowest BCUT2D eigenvalue weighted by molar-refractivity contribution is -0.159. The zero-order valence-corrected chi connectivity index (χ0v) is 12.2. The van der Waals surface area contributed by atoms with Crippen LogP contribution in [-0.4, -0.2) is 54.3 Å². The molecule has 0 radical (unpaired) electrons. The molecule has 2 rings (SSSR count). The van der Waals surface area contributed by atoms with Crippen LogP contribution in [0.3, 0.4) is 0 Å². The molecule has 7 heteroatoms. The summed E-state index contributed by atoms with van der Waals surface area (Å²) >= 11 is 3.30. The molecule has 1 amide bonds. The summed E-state index contributed by atoms with van der Waals surface area (Å²) < 4.78 is 11.3. The number of aliphatic carboxylic acids is 1. The molecule has 0 bridgehead atoms. The molecule has 1 heterocycles. The predicted molar refractivity (Wildman–Crippen MR) is 73.6 cm³/mol. The van der Waals surface area contributed by atoms with Gasteiger partial charge < -0.3 is 19.5 Å². The molecule has 1 aromatic rings. The van der Waals surface area contributed by atoms with Crippen LogP contribution < -0.4 is 4.74 Å². The van der Waals surface area contributed by atoms with E-state index < -0.39 is 12.0 Å². The lowest BCUT2D eigenvalue weighted by Gasteiger charge is -2.32. The number of benzene rings is 1. The molecule has 1 atom stereocenters. The van der Waals surface area contributed by atoms with E-state index in [1.54, 1.807) is 24.3 Å². The molecule has 1 aliphatic heterocycles. The van der Waals surface area contributed by atoms with Gasteiger partial charge in [0.05, 0.1) is 13.2 Å². The van der Waals surface area contributed by atoms with Crippen LogP contribution in [0.4, 0.5) is 0 Å². The zero-order chi connectivity index (χ0) is 14.5. The third kappa shape index (κ3) is 3.71. The topological polar surface area (TPSA) is 76.1 Å². The number of halogens is 1. The van der Waals surface area contributed by atoms with Gasteiger partial charge in [-0.25, -0.2) is 4.79 Å². The van der Waals surface area contributed by atoms with Gasteiger partial charge in [0.1, 0.15) is 5.75 Å². The van der Waals surface area contributed by atoms with Crippen molar-refractivity contribution in [3.8, 4) is 5.75 Å². The number of carboxylic acid groups (broad SMARTS) is 1. The van der Waals surface area contributed by atoms with Crippen LogP contribution in [0.15, 0.2) is 28.7 Å². The van der Waals surface area contributed by atoms with Crippen LogP contribution in [0.2, 0.25) is 0 Å². The summed E-state index contributed by atoms with van der Waals surface area (Å²) in [6, 6.07) is 6.12. The molecule has 0 unspecified atom stereocenters. The Kier molecular flexibility index (Phi) is 4.97. The Bertz CT molecular complexity index is 490. The van der Waals surface area contributed by atoms with E-state index in [0.717, 1.165) is 4.47 Å². The average Bonchev–Trinajstić information content (AvgIpc) is 2.46. The minimum absolute atomic E-state index is 0.0133. The van der Waals surface area contributed by atoms with Crippen molar-refractivity contribution in [3.05, 3.63) is 28.7 Å². The molecule has 0 aromatic heterocycles. The van der Waals surface area contributed by atoms with Gasteiger partial charge in [-0.1, -0.05) is 15.9 Å². The van der Waals surface area contributed by atoms with Crippen LogP contribution in [0.1, 0.15) is 0 Å². The van der Waals surface area contributed by atoms with Gasteiger partial charge in [-0.05, 0) is 24.3 Å². The normalized spacial score (nSPS) is 18.6. The lowest BCUT2D eigenvalue weighted by atomic mass is 10.2. The molecule has 20 heavy (non-hydrogen) atoms. The fourth-order valence-corrected chi connectivity index (χ4v) is 2.13. The molecule has 6 nitrogen and oxygen atoms in total. The molecule has 0 aliphatic carbocycles. The van der Waals surface area contributed by atoms with Gasteiger partial charge in [-0.2, -0.15) is 0 Å². The van der Waals surface area contributed by atoms with Crippen molar-refractivity contribution in [2.75, 3.05) is 26.4 Å². The highest BCUT2D eigenvalue weighted by Gasteiger charge is 2.32. The maximum Gasteiger partial charge on any atom is 0.328 e. The van der Waals surface area contributed by atoms with Gasteiger partial charge in [-0.15, -0.1) is 0 Å². The van der Waals surface area contributed by atoms with Gasteiger partial charge >= 0.3 is 5.97 Å². The van der Waals surface area contributed by atoms with Gasteiger partial charge in [0.15, 0.2) is 12.6 Å². The highest BCUT2D eigenvalue weighted by molar-refractivity contribution is 9.10. The number of carboxylic acids is 1. The van der Waals surface area contributed by atoms with Gasteiger partial charge in [0, 0.05) is 11.0 Å². The number of hydrogen-bond donors (Lipinski definition) is 1. The molecule has 0 saturated carbocycles. The molecular weight excluding hydrogens is 330 g/mol.